The van der Waals surface area contributed by atoms with Crippen LogP contribution in [0.25, 0.3) is 10.9 Å². The molecule has 1 fully saturated rings. The third-order valence-electron chi connectivity index (χ3n) is 6.54. The van der Waals surface area contributed by atoms with Gasteiger partial charge < -0.3 is 14.8 Å². The quantitative estimate of drug-likeness (QED) is 0.646. The second-order valence-corrected chi connectivity index (χ2v) is 8.23. The number of hydrogen-bond donors (Lipinski definition) is 2. The van der Waals surface area contributed by atoms with Crippen LogP contribution in [0.5, 0.6) is 0 Å². The van der Waals surface area contributed by atoms with E-state index in [-0.39, 0.29) is 17.6 Å². The Hall–Kier alpha value is -2.66. The van der Waals surface area contributed by atoms with Crippen LogP contribution in [0.2, 0.25) is 0 Å². The molecule has 0 spiro atoms. The van der Waals surface area contributed by atoms with Gasteiger partial charge in [0.05, 0.1) is 32.7 Å². The predicted octanol–water partition coefficient (Wildman–Crippen LogP) is 3.14. The van der Waals surface area contributed by atoms with E-state index in [2.05, 4.69) is 37.0 Å². The maximum Gasteiger partial charge on any atom is 0.223 e. The summed E-state index contributed by atoms with van der Waals surface area (Å²) in [5.41, 5.74) is 4.28. The van der Waals surface area contributed by atoms with Crippen molar-refractivity contribution in [3.63, 3.8) is 0 Å². The van der Waals surface area contributed by atoms with Gasteiger partial charge in [-0.3, -0.25) is 4.79 Å². The maximum atomic E-state index is 14.1. The number of halogens is 1. The minimum Gasteiger partial charge on any atom is -0.361 e. The van der Waals surface area contributed by atoms with Gasteiger partial charge in [0.2, 0.25) is 5.91 Å². The van der Waals surface area contributed by atoms with Crippen LogP contribution in [0.1, 0.15) is 42.9 Å². The Kier molecular flexibility index (Phi) is 6.18. The van der Waals surface area contributed by atoms with Crippen molar-refractivity contribution in [2.24, 2.45) is 0 Å². The molecule has 1 aromatic heterocycles. The summed E-state index contributed by atoms with van der Waals surface area (Å²) >= 11 is 0. The average molecular weight is 409 g/mol. The Morgan fingerprint density at radius 2 is 1.93 bits per heavy atom. The molecular formula is C25H31FN3O+. The van der Waals surface area contributed by atoms with E-state index in [9.17, 15) is 9.18 Å². The lowest BCUT2D eigenvalue weighted by Gasteiger charge is -2.32. The first-order valence-corrected chi connectivity index (χ1v) is 11.1. The Balaban J connectivity index is 1.67. The third-order valence-corrected chi connectivity index (χ3v) is 6.54. The van der Waals surface area contributed by atoms with Gasteiger partial charge in [-0.25, -0.2) is 4.39 Å². The molecule has 0 bridgehead atoms. The van der Waals surface area contributed by atoms with Crippen molar-refractivity contribution in [2.75, 3.05) is 32.7 Å². The smallest absolute Gasteiger partial charge is 0.223 e. The minimum absolute atomic E-state index is 0.153. The Bertz CT molecular complexity index is 1020. The zero-order chi connectivity index (χ0) is 21.1. The topological polar surface area (TPSA) is 40.5 Å². The molecule has 158 valence electrons. The fraction of sp³-hybridized carbons (Fsp3) is 0.400. The zero-order valence-corrected chi connectivity index (χ0v) is 17.9. The molecule has 1 saturated heterocycles. The summed E-state index contributed by atoms with van der Waals surface area (Å²) in [6.07, 6.45) is 3.30. The number of para-hydroxylation sites is 1. The number of aromatic nitrogens is 1. The molecule has 1 atom stereocenters. The largest absolute Gasteiger partial charge is 0.361 e. The number of fused-ring (bicyclic) bond motifs is 1. The molecule has 2 aromatic carbocycles. The third kappa shape index (κ3) is 4.12. The molecule has 1 amide bonds. The Labute approximate surface area is 177 Å². The van der Waals surface area contributed by atoms with E-state index >= 15 is 0 Å². The highest BCUT2D eigenvalue weighted by atomic mass is 19.1. The van der Waals surface area contributed by atoms with Gasteiger partial charge in [-0.1, -0.05) is 37.3 Å². The monoisotopic (exact) mass is 408 g/mol. The SMILES string of the molecule is CCc1cccc2c([C@@H](CC(=O)N3CC[NH+](CC)CC3)c3cccc(F)c3)c[nH]c12. The van der Waals surface area contributed by atoms with Gasteiger partial charge in [0, 0.05) is 29.4 Å². The summed E-state index contributed by atoms with van der Waals surface area (Å²) in [5.74, 6) is -0.287. The van der Waals surface area contributed by atoms with Gasteiger partial charge in [-0.15, -0.1) is 0 Å². The summed E-state index contributed by atoms with van der Waals surface area (Å²) in [7, 11) is 0. The Morgan fingerprint density at radius 3 is 2.63 bits per heavy atom. The van der Waals surface area contributed by atoms with Crippen molar-refractivity contribution in [2.45, 2.75) is 32.6 Å². The number of nitrogens with one attached hydrogen (secondary N) is 2. The van der Waals surface area contributed by atoms with Gasteiger partial charge in [-0.05, 0) is 42.2 Å². The average Bonchev–Trinajstić information content (AvgIpc) is 3.21. The van der Waals surface area contributed by atoms with Crippen LogP contribution in [0.15, 0.2) is 48.7 Å². The highest BCUT2D eigenvalue weighted by molar-refractivity contribution is 5.88. The lowest BCUT2D eigenvalue weighted by Crippen LogP contribution is -3.14. The highest BCUT2D eigenvalue weighted by Gasteiger charge is 2.28. The van der Waals surface area contributed by atoms with E-state index in [4.69, 9.17) is 0 Å². The number of rotatable bonds is 6. The summed E-state index contributed by atoms with van der Waals surface area (Å²) in [4.78, 5) is 20.2. The second kappa shape index (κ2) is 9.00. The minimum atomic E-state index is -0.265. The standard InChI is InChI=1S/C25H30FN3O/c1-3-18-7-6-10-21-23(17-27-25(18)21)22(19-8-5-9-20(26)15-19)16-24(30)29-13-11-28(4-2)12-14-29/h5-10,15,17,22,27H,3-4,11-14,16H2,1-2H3/p+1/t22-/m0/s1. The first-order chi connectivity index (χ1) is 14.6. The number of piperazine rings is 1. The first kappa shape index (κ1) is 20.6. The molecule has 0 radical (unpaired) electrons. The second-order valence-electron chi connectivity index (χ2n) is 8.23. The molecule has 3 aromatic rings. The van der Waals surface area contributed by atoms with E-state index < -0.39 is 0 Å². The molecule has 1 aliphatic heterocycles. The van der Waals surface area contributed by atoms with E-state index in [1.807, 2.05) is 17.2 Å². The number of aryl methyl sites for hydroxylation is 1. The normalized spacial score (nSPS) is 16.2. The number of hydrogen-bond acceptors (Lipinski definition) is 1. The van der Waals surface area contributed by atoms with Crippen molar-refractivity contribution < 1.29 is 14.1 Å². The molecule has 30 heavy (non-hydrogen) atoms. The molecule has 5 heteroatoms. The van der Waals surface area contributed by atoms with Gasteiger partial charge in [0.15, 0.2) is 0 Å². The first-order valence-electron chi connectivity index (χ1n) is 11.1. The molecule has 0 saturated carbocycles. The van der Waals surface area contributed by atoms with Crippen LogP contribution in [0.4, 0.5) is 4.39 Å². The number of amides is 1. The number of likely N-dealkylation sites (N-methyl/N-ethyl adjacent to an activating group) is 1. The van der Waals surface area contributed by atoms with Crippen molar-refractivity contribution in [3.05, 3.63) is 71.2 Å². The molecule has 2 heterocycles. The summed E-state index contributed by atoms with van der Waals surface area (Å²) in [6, 6.07) is 13.0. The molecule has 4 nitrogen and oxygen atoms in total. The summed E-state index contributed by atoms with van der Waals surface area (Å²) in [6.45, 7) is 9.02. The molecule has 0 aliphatic carbocycles. The van der Waals surface area contributed by atoms with Crippen molar-refractivity contribution in [1.29, 1.82) is 0 Å². The highest BCUT2D eigenvalue weighted by Crippen LogP contribution is 2.35. The molecule has 2 N–H and O–H groups in total. The van der Waals surface area contributed by atoms with Crippen LogP contribution >= 0.6 is 0 Å². The number of quaternary nitrogens is 1. The molecule has 4 rings (SSSR count). The fourth-order valence-electron chi connectivity index (χ4n) is 4.68. The molecular weight excluding hydrogens is 377 g/mol. The van der Waals surface area contributed by atoms with E-state index in [0.29, 0.717) is 6.42 Å². The van der Waals surface area contributed by atoms with Crippen molar-refractivity contribution in [1.82, 2.24) is 9.88 Å². The number of H-pyrrole nitrogens is 1. The number of carbonyl (C=O) groups is 1. The number of nitrogens with zero attached hydrogens (tertiary/aromatic N) is 1. The number of carbonyl (C=O) groups excluding carboxylic acids is 1. The lowest BCUT2D eigenvalue weighted by atomic mass is 9.87. The maximum absolute atomic E-state index is 14.1. The van der Waals surface area contributed by atoms with Crippen molar-refractivity contribution in [3.8, 4) is 0 Å². The van der Waals surface area contributed by atoms with Crippen LogP contribution in [0, 0.1) is 5.82 Å². The van der Waals surface area contributed by atoms with Gasteiger partial charge >= 0.3 is 0 Å². The van der Waals surface area contributed by atoms with Gasteiger partial charge in [0.25, 0.3) is 0 Å². The van der Waals surface area contributed by atoms with E-state index in [0.717, 1.165) is 61.2 Å². The Morgan fingerprint density at radius 1 is 1.17 bits per heavy atom. The van der Waals surface area contributed by atoms with E-state index in [1.54, 1.807) is 17.0 Å². The van der Waals surface area contributed by atoms with Crippen LogP contribution < -0.4 is 4.90 Å². The summed E-state index contributed by atoms with van der Waals surface area (Å²) in [5, 5.41) is 1.12. The fourth-order valence-corrected chi connectivity index (χ4v) is 4.68. The molecule has 1 aliphatic rings. The number of aromatic amines is 1. The van der Waals surface area contributed by atoms with E-state index in [1.165, 1.54) is 11.6 Å². The summed E-state index contributed by atoms with van der Waals surface area (Å²) < 4.78 is 14.1. The van der Waals surface area contributed by atoms with Crippen LogP contribution in [0.3, 0.4) is 0 Å². The molecule has 0 unspecified atom stereocenters. The number of benzene rings is 2. The lowest BCUT2D eigenvalue weighted by molar-refractivity contribution is -0.902. The van der Waals surface area contributed by atoms with Crippen molar-refractivity contribution >= 4 is 16.8 Å². The van der Waals surface area contributed by atoms with Gasteiger partial charge in [0.1, 0.15) is 5.82 Å². The predicted molar refractivity (Wildman–Crippen MR) is 118 cm³/mol. The van der Waals surface area contributed by atoms with Gasteiger partial charge in [-0.2, -0.15) is 0 Å². The van der Waals surface area contributed by atoms with Crippen LogP contribution in [-0.2, 0) is 11.2 Å². The zero-order valence-electron chi connectivity index (χ0n) is 17.9. The van der Waals surface area contributed by atoms with Crippen LogP contribution in [-0.4, -0.2) is 48.5 Å².